The van der Waals surface area contributed by atoms with Gasteiger partial charge in [-0.05, 0) is 61.6 Å². The van der Waals surface area contributed by atoms with Crippen LogP contribution < -0.4 is 10.9 Å². The number of pyridine rings is 2. The molecule has 0 spiro atoms. The van der Waals surface area contributed by atoms with Crippen molar-refractivity contribution in [2.45, 2.75) is 52.6 Å². The monoisotopic (exact) mass is 607 g/mol. The molecule has 1 amide bonds. The molecule has 0 aliphatic rings. The average Bonchev–Trinajstić information content (AvgIpc) is 2.96. The number of carbonyl (C=O) groups excluding carboxylic acids is 1. The summed E-state index contributed by atoms with van der Waals surface area (Å²) in [5.74, 6) is -1.17. The maximum atomic E-state index is 13.8. The minimum Gasteiger partial charge on any atom is -0.396 e. The lowest BCUT2D eigenvalue weighted by molar-refractivity contribution is -0.143. The molecule has 43 heavy (non-hydrogen) atoms. The second kappa shape index (κ2) is 13.4. The molecule has 0 unspecified atom stereocenters. The van der Waals surface area contributed by atoms with Gasteiger partial charge in [-0.2, -0.15) is 26.3 Å². The van der Waals surface area contributed by atoms with Gasteiger partial charge in [-0.3, -0.25) is 14.6 Å². The van der Waals surface area contributed by atoms with Crippen molar-refractivity contribution in [2.75, 3.05) is 6.61 Å². The van der Waals surface area contributed by atoms with Crippen LogP contribution in [-0.2, 0) is 25.4 Å². The fourth-order valence-corrected chi connectivity index (χ4v) is 4.28. The first-order valence-corrected chi connectivity index (χ1v) is 13.3. The topological polar surface area (TPSA) is 84.2 Å². The first kappa shape index (κ1) is 33.3. The van der Waals surface area contributed by atoms with Crippen LogP contribution in [0.3, 0.4) is 0 Å². The second-order valence-corrected chi connectivity index (χ2v) is 10.1. The predicted octanol–water partition coefficient (Wildman–Crippen LogP) is 6.92. The van der Waals surface area contributed by atoms with Crippen LogP contribution in [0.5, 0.6) is 0 Å². The average molecular weight is 608 g/mol. The van der Waals surface area contributed by atoms with Gasteiger partial charge in [-0.15, -0.1) is 0 Å². The Morgan fingerprint density at radius 1 is 1.12 bits per heavy atom. The van der Waals surface area contributed by atoms with Crippen molar-refractivity contribution in [1.82, 2.24) is 14.9 Å². The molecule has 0 radical (unpaired) electrons. The standard InChI is InChI=1S/C31H31F6N3O3/c1-5-18(2)8-9-20(4)25-24-7-6-11-38-26(24)29(43)40(12-10-19(3)17-41)27(25)28(42)39-16-21-13-22(30(32,33)34)15-23(14-21)31(35,36)37/h5-9,11,13-15,19,41H,4,10,12,16-17H2,1-3H3,(H,39,42)/b9-8-,18-5-/t19-/m1/s1. The molecular weight excluding hydrogens is 576 g/mol. The molecule has 2 heterocycles. The highest BCUT2D eigenvalue weighted by molar-refractivity contribution is 6.05. The number of amides is 1. The maximum absolute atomic E-state index is 13.8. The van der Waals surface area contributed by atoms with E-state index in [4.69, 9.17) is 0 Å². The van der Waals surface area contributed by atoms with Gasteiger partial charge in [0.1, 0.15) is 11.2 Å². The summed E-state index contributed by atoms with van der Waals surface area (Å²) in [6.45, 7) is 8.54. The van der Waals surface area contributed by atoms with Crippen LogP contribution in [0.2, 0.25) is 0 Å². The molecule has 0 saturated carbocycles. The van der Waals surface area contributed by atoms with Crippen molar-refractivity contribution in [1.29, 1.82) is 0 Å². The van der Waals surface area contributed by atoms with E-state index in [2.05, 4.69) is 16.9 Å². The third-order valence-electron chi connectivity index (χ3n) is 6.83. The highest BCUT2D eigenvalue weighted by Gasteiger charge is 2.37. The largest absolute Gasteiger partial charge is 0.416 e. The van der Waals surface area contributed by atoms with E-state index in [-0.39, 0.29) is 53.7 Å². The molecule has 0 fully saturated rings. The van der Waals surface area contributed by atoms with Gasteiger partial charge in [-0.1, -0.05) is 43.4 Å². The highest BCUT2D eigenvalue weighted by Crippen LogP contribution is 2.36. The summed E-state index contributed by atoms with van der Waals surface area (Å²) in [7, 11) is 0. The fourth-order valence-electron chi connectivity index (χ4n) is 4.28. The third kappa shape index (κ3) is 8.01. The van der Waals surface area contributed by atoms with E-state index >= 15 is 0 Å². The first-order chi connectivity index (χ1) is 20.1. The van der Waals surface area contributed by atoms with Crippen LogP contribution in [0.15, 0.2) is 71.7 Å². The number of carbonyl (C=O) groups is 1. The molecule has 3 rings (SSSR count). The maximum Gasteiger partial charge on any atom is 0.416 e. The zero-order valence-corrected chi connectivity index (χ0v) is 23.7. The number of aliphatic hydroxyl groups excluding tert-OH is 1. The molecule has 0 bridgehead atoms. The second-order valence-electron chi connectivity index (χ2n) is 10.1. The summed E-state index contributed by atoms with van der Waals surface area (Å²) in [6, 6.07) is 4.18. The minimum absolute atomic E-state index is 0.00279. The number of halogens is 6. The first-order valence-electron chi connectivity index (χ1n) is 13.3. The molecule has 12 heteroatoms. The summed E-state index contributed by atoms with van der Waals surface area (Å²) < 4.78 is 81.5. The van der Waals surface area contributed by atoms with Gasteiger partial charge in [0, 0.05) is 36.8 Å². The highest BCUT2D eigenvalue weighted by atomic mass is 19.4. The van der Waals surface area contributed by atoms with Crippen molar-refractivity contribution in [3.8, 4) is 0 Å². The summed E-state index contributed by atoms with van der Waals surface area (Å²) in [5, 5.41) is 12.2. The number of fused-ring (bicyclic) bond motifs is 1. The van der Waals surface area contributed by atoms with E-state index < -0.39 is 47.1 Å². The van der Waals surface area contributed by atoms with Crippen LogP contribution in [0.25, 0.3) is 16.5 Å². The number of hydrogen-bond donors (Lipinski definition) is 2. The minimum atomic E-state index is -5.06. The number of benzene rings is 1. The Morgan fingerprint density at radius 2 is 1.74 bits per heavy atom. The van der Waals surface area contributed by atoms with Crippen molar-refractivity contribution in [2.24, 2.45) is 5.92 Å². The quantitative estimate of drug-likeness (QED) is 0.194. The molecule has 1 atom stereocenters. The van der Waals surface area contributed by atoms with Crippen LogP contribution >= 0.6 is 0 Å². The van der Waals surface area contributed by atoms with E-state index in [1.165, 1.54) is 6.20 Å². The molecule has 1 aromatic carbocycles. The number of nitrogens with zero attached hydrogens (tertiary/aromatic N) is 2. The van der Waals surface area contributed by atoms with Gasteiger partial charge < -0.3 is 15.0 Å². The van der Waals surface area contributed by atoms with E-state index in [1.54, 1.807) is 31.2 Å². The van der Waals surface area contributed by atoms with Gasteiger partial charge in [0.2, 0.25) is 0 Å². The molecule has 6 nitrogen and oxygen atoms in total. The lowest BCUT2D eigenvalue weighted by atomic mass is 9.97. The summed E-state index contributed by atoms with van der Waals surface area (Å²) in [4.78, 5) is 31.5. The Morgan fingerprint density at radius 3 is 2.30 bits per heavy atom. The van der Waals surface area contributed by atoms with Crippen LogP contribution in [0.1, 0.15) is 59.9 Å². The van der Waals surface area contributed by atoms with Crippen molar-refractivity contribution >= 4 is 22.4 Å². The Labute approximate surface area is 244 Å². The number of rotatable bonds is 10. The lowest BCUT2D eigenvalue weighted by Crippen LogP contribution is -2.34. The lowest BCUT2D eigenvalue weighted by Gasteiger charge is -2.21. The molecule has 0 aliphatic carbocycles. The number of hydrogen-bond acceptors (Lipinski definition) is 4. The molecule has 0 aliphatic heterocycles. The van der Waals surface area contributed by atoms with Crippen molar-refractivity contribution in [3.05, 3.63) is 105 Å². The third-order valence-corrected chi connectivity index (χ3v) is 6.83. The Balaban J connectivity index is 2.20. The van der Waals surface area contributed by atoms with Gasteiger partial charge in [0.15, 0.2) is 0 Å². The van der Waals surface area contributed by atoms with Gasteiger partial charge in [0.25, 0.3) is 11.5 Å². The van der Waals surface area contributed by atoms with E-state index in [0.29, 0.717) is 17.7 Å². The van der Waals surface area contributed by atoms with E-state index in [9.17, 15) is 41.0 Å². The zero-order chi connectivity index (χ0) is 32.1. The molecule has 2 N–H and O–H groups in total. The smallest absolute Gasteiger partial charge is 0.396 e. The van der Waals surface area contributed by atoms with E-state index in [0.717, 1.165) is 10.1 Å². The molecular formula is C31H31F6N3O3. The number of nitrogens with one attached hydrogen (secondary N) is 1. The van der Waals surface area contributed by atoms with Gasteiger partial charge in [-0.25, -0.2) is 0 Å². The van der Waals surface area contributed by atoms with Gasteiger partial charge >= 0.3 is 12.4 Å². The molecule has 3 aromatic rings. The Bertz CT molecular complexity index is 1600. The Hall–Kier alpha value is -4.19. The number of alkyl halides is 6. The van der Waals surface area contributed by atoms with Crippen LogP contribution in [-0.4, -0.2) is 27.2 Å². The molecule has 2 aromatic heterocycles. The summed E-state index contributed by atoms with van der Waals surface area (Å²) >= 11 is 0. The molecule has 0 saturated heterocycles. The van der Waals surface area contributed by atoms with Gasteiger partial charge in [0.05, 0.1) is 11.1 Å². The molecule has 230 valence electrons. The Kier molecular flexibility index (Phi) is 10.4. The summed E-state index contributed by atoms with van der Waals surface area (Å²) in [6.07, 6.45) is -3.24. The van der Waals surface area contributed by atoms with Crippen molar-refractivity contribution < 1.29 is 36.2 Å². The van der Waals surface area contributed by atoms with Crippen molar-refractivity contribution in [3.63, 3.8) is 0 Å². The van der Waals surface area contributed by atoms with E-state index in [1.807, 2.05) is 19.9 Å². The zero-order valence-electron chi connectivity index (χ0n) is 23.7. The van der Waals surface area contributed by atoms with Crippen LogP contribution in [0.4, 0.5) is 26.3 Å². The number of aliphatic hydroxyl groups is 1. The fraction of sp³-hybridized carbons (Fsp3) is 0.323. The SMILES string of the molecule is C=C(/C=C\C(C)=C/C)c1c(C(=O)NCc2cc(C(F)(F)F)cc(C(F)(F)F)c2)n(CC[C@@H](C)CO)c(=O)c2ncccc12. The number of allylic oxidation sites excluding steroid dienone is 5. The summed E-state index contributed by atoms with van der Waals surface area (Å²) in [5.41, 5.74) is -2.86. The number of aromatic nitrogens is 2. The predicted molar refractivity (Wildman–Crippen MR) is 152 cm³/mol. The normalized spacial score (nSPS) is 13.5. The van der Waals surface area contributed by atoms with Crippen LogP contribution in [0, 0.1) is 5.92 Å².